The fourth-order valence-corrected chi connectivity index (χ4v) is 2.52. The average Bonchev–Trinajstić information content (AvgIpc) is 3.03. The van der Waals surface area contributed by atoms with Gasteiger partial charge in [-0.3, -0.25) is 10.4 Å². The van der Waals surface area contributed by atoms with Crippen LogP contribution in [0.1, 0.15) is 12.5 Å². The second kappa shape index (κ2) is 6.28. The van der Waals surface area contributed by atoms with Gasteiger partial charge in [0, 0.05) is 28.9 Å². The van der Waals surface area contributed by atoms with Crippen molar-refractivity contribution in [2.45, 2.75) is 6.92 Å². The molecule has 3 aromatic rings. The molecule has 0 radical (unpaired) electrons. The van der Waals surface area contributed by atoms with Gasteiger partial charge in [-0.25, -0.2) is 4.98 Å². The number of pyridine rings is 1. The van der Waals surface area contributed by atoms with Crippen molar-refractivity contribution in [3.05, 3.63) is 65.8 Å². The van der Waals surface area contributed by atoms with E-state index in [-0.39, 0.29) is 0 Å². The number of hydrogen-bond donors (Lipinski definition) is 1. The Morgan fingerprint density at radius 2 is 1.86 bits per heavy atom. The molecule has 2 heterocycles. The number of aromatic nitrogens is 2. The van der Waals surface area contributed by atoms with Gasteiger partial charge in [-0.05, 0) is 19.1 Å². The normalized spacial score (nSPS) is 11.4. The molecule has 0 saturated heterocycles. The van der Waals surface area contributed by atoms with Gasteiger partial charge >= 0.3 is 0 Å². The van der Waals surface area contributed by atoms with E-state index < -0.39 is 0 Å². The van der Waals surface area contributed by atoms with Gasteiger partial charge in [0.2, 0.25) is 5.13 Å². The van der Waals surface area contributed by atoms with Crippen molar-refractivity contribution in [2.75, 3.05) is 5.43 Å². The van der Waals surface area contributed by atoms with Gasteiger partial charge in [-0.2, -0.15) is 5.10 Å². The van der Waals surface area contributed by atoms with Crippen LogP contribution in [-0.2, 0) is 0 Å². The Labute approximate surface area is 127 Å². The first kappa shape index (κ1) is 13.5. The van der Waals surface area contributed by atoms with E-state index in [9.17, 15) is 0 Å². The molecule has 0 aliphatic heterocycles. The van der Waals surface area contributed by atoms with Crippen LogP contribution in [0.4, 0.5) is 5.13 Å². The molecule has 4 nitrogen and oxygen atoms in total. The summed E-state index contributed by atoms with van der Waals surface area (Å²) in [5.41, 5.74) is 7.01. The summed E-state index contributed by atoms with van der Waals surface area (Å²) in [6.45, 7) is 1.95. The highest BCUT2D eigenvalue weighted by Gasteiger charge is 2.03. The Bertz CT molecular complexity index is 735. The standard InChI is InChI=1S/C16H14N4S/c1-12(13-7-9-17-10-8-13)19-20-16-18-15(11-21-16)14-5-3-2-4-6-14/h2-11H,1H3,(H,18,20)/b19-12+. The molecule has 0 aliphatic rings. The highest BCUT2D eigenvalue weighted by Crippen LogP contribution is 2.24. The lowest BCUT2D eigenvalue weighted by Crippen LogP contribution is -1.99. The van der Waals surface area contributed by atoms with E-state index in [1.54, 1.807) is 12.4 Å². The van der Waals surface area contributed by atoms with Crippen LogP contribution < -0.4 is 5.43 Å². The summed E-state index contributed by atoms with van der Waals surface area (Å²) >= 11 is 1.54. The molecule has 0 aliphatic carbocycles. The maximum Gasteiger partial charge on any atom is 0.203 e. The Balaban J connectivity index is 1.73. The van der Waals surface area contributed by atoms with Gasteiger partial charge in [0.15, 0.2) is 0 Å². The van der Waals surface area contributed by atoms with Crippen LogP contribution in [0, 0.1) is 0 Å². The van der Waals surface area contributed by atoms with Crippen molar-refractivity contribution in [1.82, 2.24) is 9.97 Å². The molecule has 0 saturated carbocycles. The molecule has 0 fully saturated rings. The van der Waals surface area contributed by atoms with Crippen molar-refractivity contribution in [3.8, 4) is 11.3 Å². The highest BCUT2D eigenvalue weighted by atomic mass is 32.1. The molecular weight excluding hydrogens is 280 g/mol. The lowest BCUT2D eigenvalue weighted by molar-refractivity contribution is 1.26. The summed E-state index contributed by atoms with van der Waals surface area (Å²) in [5, 5.41) is 7.16. The van der Waals surface area contributed by atoms with E-state index in [1.807, 2.05) is 54.8 Å². The second-order valence-corrected chi connectivity index (χ2v) is 5.31. The maximum atomic E-state index is 4.53. The first-order chi connectivity index (χ1) is 10.3. The summed E-state index contributed by atoms with van der Waals surface area (Å²) < 4.78 is 0. The third-order valence-corrected chi connectivity index (χ3v) is 3.74. The summed E-state index contributed by atoms with van der Waals surface area (Å²) in [6, 6.07) is 14.0. The Morgan fingerprint density at radius 3 is 2.62 bits per heavy atom. The average molecular weight is 294 g/mol. The predicted molar refractivity (Wildman–Crippen MR) is 87.6 cm³/mol. The third kappa shape index (κ3) is 3.32. The van der Waals surface area contributed by atoms with Gasteiger partial charge < -0.3 is 0 Å². The Kier molecular flexibility index (Phi) is 4.02. The minimum atomic E-state index is 0.780. The van der Waals surface area contributed by atoms with E-state index in [0.717, 1.165) is 27.7 Å². The van der Waals surface area contributed by atoms with E-state index in [1.165, 1.54) is 11.3 Å². The van der Waals surface area contributed by atoms with Crippen LogP contribution >= 0.6 is 11.3 Å². The van der Waals surface area contributed by atoms with E-state index in [2.05, 4.69) is 20.5 Å². The molecule has 104 valence electrons. The van der Waals surface area contributed by atoms with E-state index in [0.29, 0.717) is 0 Å². The Morgan fingerprint density at radius 1 is 1.10 bits per heavy atom. The van der Waals surface area contributed by atoms with Crippen LogP contribution in [0.5, 0.6) is 0 Å². The van der Waals surface area contributed by atoms with Crippen molar-refractivity contribution in [2.24, 2.45) is 5.10 Å². The first-order valence-corrected chi connectivity index (χ1v) is 7.42. The predicted octanol–water partition coefficient (Wildman–Crippen LogP) is 4.04. The van der Waals surface area contributed by atoms with Gasteiger partial charge in [0.25, 0.3) is 0 Å². The molecule has 0 unspecified atom stereocenters. The van der Waals surface area contributed by atoms with E-state index in [4.69, 9.17) is 0 Å². The number of hydrogen-bond acceptors (Lipinski definition) is 5. The van der Waals surface area contributed by atoms with Crippen molar-refractivity contribution in [1.29, 1.82) is 0 Å². The minimum absolute atomic E-state index is 0.780. The number of benzene rings is 1. The first-order valence-electron chi connectivity index (χ1n) is 6.54. The summed E-state index contributed by atoms with van der Waals surface area (Å²) in [7, 11) is 0. The van der Waals surface area contributed by atoms with Crippen LogP contribution in [0.2, 0.25) is 0 Å². The molecule has 0 bridgehead atoms. The molecule has 0 amide bonds. The number of anilines is 1. The number of hydrazone groups is 1. The number of nitrogens with one attached hydrogen (secondary N) is 1. The third-order valence-electron chi connectivity index (χ3n) is 2.99. The zero-order chi connectivity index (χ0) is 14.5. The van der Waals surface area contributed by atoms with Gasteiger partial charge in [0.1, 0.15) is 0 Å². The molecule has 1 aromatic carbocycles. The molecule has 2 aromatic heterocycles. The summed E-state index contributed by atoms with van der Waals surface area (Å²) in [6.07, 6.45) is 3.51. The van der Waals surface area contributed by atoms with Gasteiger partial charge in [-0.15, -0.1) is 11.3 Å². The Hall–Kier alpha value is -2.53. The van der Waals surface area contributed by atoms with E-state index >= 15 is 0 Å². The van der Waals surface area contributed by atoms with Crippen LogP contribution in [0.15, 0.2) is 65.3 Å². The highest BCUT2D eigenvalue weighted by molar-refractivity contribution is 7.14. The topological polar surface area (TPSA) is 50.2 Å². The van der Waals surface area contributed by atoms with Crippen molar-refractivity contribution >= 4 is 22.2 Å². The van der Waals surface area contributed by atoms with Crippen LogP contribution in [-0.4, -0.2) is 15.7 Å². The molecule has 21 heavy (non-hydrogen) atoms. The molecule has 5 heteroatoms. The molecule has 0 spiro atoms. The molecule has 0 atom stereocenters. The summed E-state index contributed by atoms with van der Waals surface area (Å²) in [5.74, 6) is 0. The maximum absolute atomic E-state index is 4.53. The zero-order valence-corrected chi connectivity index (χ0v) is 12.3. The number of nitrogens with zero attached hydrogens (tertiary/aromatic N) is 3. The zero-order valence-electron chi connectivity index (χ0n) is 11.5. The largest absolute Gasteiger partial charge is 0.265 e. The fourth-order valence-electron chi connectivity index (χ4n) is 1.86. The van der Waals surface area contributed by atoms with Crippen molar-refractivity contribution < 1.29 is 0 Å². The van der Waals surface area contributed by atoms with Gasteiger partial charge in [-0.1, -0.05) is 30.3 Å². The molecule has 1 N–H and O–H groups in total. The second-order valence-electron chi connectivity index (χ2n) is 4.45. The smallest absolute Gasteiger partial charge is 0.203 e. The van der Waals surface area contributed by atoms with Crippen LogP contribution in [0.25, 0.3) is 11.3 Å². The monoisotopic (exact) mass is 294 g/mol. The van der Waals surface area contributed by atoms with Crippen molar-refractivity contribution in [3.63, 3.8) is 0 Å². The quantitative estimate of drug-likeness (QED) is 0.583. The summed E-state index contributed by atoms with van der Waals surface area (Å²) in [4.78, 5) is 8.53. The fraction of sp³-hybridized carbons (Fsp3) is 0.0625. The molecule has 3 rings (SSSR count). The lowest BCUT2D eigenvalue weighted by atomic mass is 10.2. The lowest BCUT2D eigenvalue weighted by Gasteiger charge is -2.00. The SMILES string of the molecule is C/C(=N\Nc1nc(-c2ccccc2)cs1)c1ccncc1. The minimum Gasteiger partial charge on any atom is -0.265 e. The van der Waals surface area contributed by atoms with Crippen LogP contribution in [0.3, 0.4) is 0 Å². The molecular formula is C16H14N4S. The number of rotatable bonds is 4. The van der Waals surface area contributed by atoms with Gasteiger partial charge in [0.05, 0.1) is 11.4 Å². The number of thiazole rings is 1.